The van der Waals surface area contributed by atoms with Crippen molar-refractivity contribution >= 4 is 22.8 Å². The first-order valence-electron chi connectivity index (χ1n) is 5.86. The third-order valence-electron chi connectivity index (χ3n) is 2.79. The van der Waals surface area contributed by atoms with Crippen LogP contribution in [0.5, 0.6) is 11.5 Å². The Morgan fingerprint density at radius 1 is 1.60 bits per heavy atom. The summed E-state index contributed by atoms with van der Waals surface area (Å²) in [7, 11) is 0. The van der Waals surface area contributed by atoms with E-state index in [0.717, 1.165) is 0 Å². The van der Waals surface area contributed by atoms with E-state index in [1.807, 2.05) is 6.92 Å². The van der Waals surface area contributed by atoms with Crippen LogP contribution in [0.4, 0.5) is 0 Å². The Labute approximate surface area is 143 Å². The predicted molar refractivity (Wildman–Crippen MR) is 71.7 cm³/mol. The van der Waals surface area contributed by atoms with Gasteiger partial charge >= 0.3 is 29.6 Å². The van der Waals surface area contributed by atoms with E-state index in [4.69, 9.17) is 4.74 Å². The summed E-state index contributed by atoms with van der Waals surface area (Å²) in [4.78, 5) is 15.2. The number of carbonyl (C=O) groups is 1. The maximum atomic E-state index is 11.0. The van der Waals surface area contributed by atoms with E-state index in [-0.39, 0.29) is 35.3 Å². The Hall–Kier alpha value is -0.690. The number of nitrogens with zero attached hydrogens (tertiary/aromatic N) is 1. The van der Waals surface area contributed by atoms with E-state index in [9.17, 15) is 15.0 Å². The zero-order valence-corrected chi connectivity index (χ0v) is 14.5. The maximum absolute atomic E-state index is 11.0. The molecule has 1 aromatic rings. The largest absolute Gasteiger partial charge is 1.00 e. The number of carboxylic acids is 1. The molecule has 0 fully saturated rings. The number of benzene rings is 1. The minimum absolute atomic E-state index is 0. The second kappa shape index (κ2) is 6.85. The van der Waals surface area contributed by atoms with Gasteiger partial charge in [-0.3, -0.25) is 4.99 Å². The van der Waals surface area contributed by atoms with Crippen molar-refractivity contribution in [3.63, 3.8) is 0 Å². The molecule has 0 saturated carbocycles. The fraction of sp³-hybridized carbons (Fsp3) is 0.385. The summed E-state index contributed by atoms with van der Waals surface area (Å²) in [5, 5.41) is 21.5. The number of hydrogen-bond donors (Lipinski definition) is 1. The molecule has 1 aliphatic rings. The number of aliphatic carboxylic acids is 1. The molecule has 0 spiro atoms. The quantitative estimate of drug-likeness (QED) is 0.638. The van der Waals surface area contributed by atoms with Gasteiger partial charge in [0.25, 0.3) is 0 Å². The Morgan fingerprint density at radius 2 is 2.30 bits per heavy atom. The molecular weight excluding hydrogens is 289 g/mol. The fourth-order valence-electron chi connectivity index (χ4n) is 1.69. The second-order valence-electron chi connectivity index (χ2n) is 4.38. The average molecular weight is 303 g/mol. The standard InChI is InChI=1S/C13H15NO4S.Na/c1-3-18-8-4-5-9(10(15)6-8)11-14-13(2,7-19-11)12(16)17;/h4-6,15H,3,7H2,1-2H3,(H,16,17);/q;+1/p-1/t13-;/m1./s1. The molecule has 1 heterocycles. The zero-order valence-electron chi connectivity index (χ0n) is 11.7. The van der Waals surface area contributed by atoms with E-state index in [0.29, 0.717) is 28.7 Å². The number of hydrogen-bond acceptors (Lipinski definition) is 6. The first-order chi connectivity index (χ1) is 8.96. The number of phenols is 1. The minimum atomic E-state index is -1.23. The molecule has 1 aliphatic heterocycles. The Kier molecular flexibility index (Phi) is 5.94. The summed E-state index contributed by atoms with van der Waals surface area (Å²) in [6.45, 7) is 3.87. The second-order valence-corrected chi connectivity index (χ2v) is 5.34. The molecule has 0 radical (unpaired) electrons. The number of phenolic OH excluding ortho intramolecular Hbond substituents is 1. The smallest absolute Gasteiger partial charge is 0.547 e. The van der Waals surface area contributed by atoms with Gasteiger partial charge in [0.1, 0.15) is 22.1 Å². The number of rotatable bonds is 4. The van der Waals surface area contributed by atoms with Gasteiger partial charge in [-0.2, -0.15) is 0 Å². The number of thioether (sulfide) groups is 1. The molecule has 1 N–H and O–H groups in total. The first kappa shape index (κ1) is 17.4. The molecular formula is C13H14NNaO4S. The van der Waals surface area contributed by atoms with Gasteiger partial charge in [-0.15, -0.1) is 11.8 Å². The number of aliphatic imine (C=N–C) groups is 1. The van der Waals surface area contributed by atoms with Crippen LogP contribution in [0, 0.1) is 0 Å². The Morgan fingerprint density at radius 3 is 2.80 bits per heavy atom. The molecule has 1 atom stereocenters. The normalized spacial score (nSPS) is 21.0. The van der Waals surface area contributed by atoms with Crippen molar-refractivity contribution in [2.24, 2.45) is 4.99 Å². The van der Waals surface area contributed by atoms with E-state index in [2.05, 4.69) is 4.99 Å². The summed E-state index contributed by atoms with van der Waals surface area (Å²) in [5.74, 6) is -0.313. The molecule has 0 saturated heterocycles. The van der Waals surface area contributed by atoms with E-state index in [1.54, 1.807) is 12.1 Å². The van der Waals surface area contributed by atoms with E-state index in [1.165, 1.54) is 24.8 Å². The van der Waals surface area contributed by atoms with Crippen LogP contribution in [-0.2, 0) is 4.79 Å². The van der Waals surface area contributed by atoms with Crippen molar-refractivity contribution in [2.75, 3.05) is 12.4 Å². The van der Waals surface area contributed by atoms with Crippen molar-refractivity contribution in [1.29, 1.82) is 0 Å². The average Bonchev–Trinajstić information content (AvgIpc) is 2.74. The van der Waals surface area contributed by atoms with Gasteiger partial charge in [0.2, 0.25) is 0 Å². The topological polar surface area (TPSA) is 82.0 Å². The predicted octanol–water partition coefficient (Wildman–Crippen LogP) is -2.20. The third kappa shape index (κ3) is 3.49. The van der Waals surface area contributed by atoms with Gasteiger partial charge in [-0.05, 0) is 26.0 Å². The summed E-state index contributed by atoms with van der Waals surface area (Å²) in [6.07, 6.45) is 0. The van der Waals surface area contributed by atoms with Crippen molar-refractivity contribution in [1.82, 2.24) is 0 Å². The van der Waals surface area contributed by atoms with Gasteiger partial charge in [0, 0.05) is 17.4 Å². The van der Waals surface area contributed by atoms with Crippen molar-refractivity contribution in [3.05, 3.63) is 23.8 Å². The van der Waals surface area contributed by atoms with E-state index >= 15 is 0 Å². The van der Waals surface area contributed by atoms with Gasteiger partial charge in [-0.1, -0.05) is 0 Å². The summed E-state index contributed by atoms with van der Waals surface area (Å²) in [6, 6.07) is 4.89. The number of aromatic hydroxyl groups is 1. The van der Waals surface area contributed by atoms with Gasteiger partial charge in [-0.25, -0.2) is 0 Å². The van der Waals surface area contributed by atoms with Crippen molar-refractivity contribution < 1.29 is 49.3 Å². The fourth-order valence-corrected chi connectivity index (χ4v) is 2.88. The Bertz CT molecular complexity index is 549. The van der Waals surface area contributed by atoms with Crippen molar-refractivity contribution in [3.8, 4) is 11.5 Å². The number of ether oxygens (including phenoxy) is 1. The summed E-state index contributed by atoms with van der Waals surface area (Å²) < 4.78 is 5.27. The van der Waals surface area contributed by atoms with Crippen molar-refractivity contribution in [2.45, 2.75) is 19.4 Å². The molecule has 0 aliphatic carbocycles. The molecule has 1 aromatic carbocycles. The number of carboxylic acid groups (broad SMARTS) is 1. The van der Waals surface area contributed by atoms with Crippen LogP contribution < -0.4 is 39.4 Å². The van der Waals surface area contributed by atoms with Gasteiger partial charge < -0.3 is 19.7 Å². The van der Waals surface area contributed by atoms with Crippen LogP contribution in [-0.4, -0.2) is 34.0 Å². The SMILES string of the molecule is CCOc1ccc(C2=N[C@@](C)(C(=O)[O-])CS2)c(O)c1.[Na+]. The summed E-state index contributed by atoms with van der Waals surface area (Å²) in [5.41, 5.74) is -0.719. The molecule has 7 heteroatoms. The molecule has 0 bridgehead atoms. The van der Waals surface area contributed by atoms with Gasteiger partial charge in [0.05, 0.1) is 12.6 Å². The molecule has 2 rings (SSSR count). The van der Waals surface area contributed by atoms with Crippen LogP contribution in [0.25, 0.3) is 0 Å². The first-order valence-corrected chi connectivity index (χ1v) is 6.85. The molecule has 0 unspecified atom stereocenters. The number of carbonyl (C=O) groups excluding carboxylic acids is 1. The van der Waals surface area contributed by atoms with Crippen LogP contribution in [0.3, 0.4) is 0 Å². The van der Waals surface area contributed by atoms with Crippen LogP contribution in [0.1, 0.15) is 19.4 Å². The third-order valence-corrected chi connectivity index (χ3v) is 4.08. The molecule has 5 nitrogen and oxygen atoms in total. The van der Waals surface area contributed by atoms with Crippen LogP contribution in [0.2, 0.25) is 0 Å². The molecule has 102 valence electrons. The molecule has 0 aromatic heterocycles. The van der Waals surface area contributed by atoms with Crippen LogP contribution in [0.15, 0.2) is 23.2 Å². The van der Waals surface area contributed by atoms with Gasteiger partial charge in [0.15, 0.2) is 0 Å². The monoisotopic (exact) mass is 303 g/mol. The molecule has 0 amide bonds. The Balaban J connectivity index is 0.00000200. The van der Waals surface area contributed by atoms with Crippen LogP contribution >= 0.6 is 11.8 Å². The zero-order chi connectivity index (χ0) is 14.0. The molecule has 20 heavy (non-hydrogen) atoms. The summed E-state index contributed by atoms with van der Waals surface area (Å²) >= 11 is 1.29. The minimum Gasteiger partial charge on any atom is -0.547 e. The maximum Gasteiger partial charge on any atom is 1.00 e. The van der Waals surface area contributed by atoms with E-state index < -0.39 is 11.5 Å².